The number of esters is 1. The van der Waals surface area contributed by atoms with Gasteiger partial charge in [-0.3, -0.25) is 0 Å². The average molecular weight is 537 g/mol. The lowest BCUT2D eigenvalue weighted by Crippen LogP contribution is -2.07. The van der Waals surface area contributed by atoms with E-state index < -0.39 is 5.97 Å². The Hall–Kier alpha value is -2.59. The van der Waals surface area contributed by atoms with Gasteiger partial charge in [0.2, 0.25) is 0 Å². The topological polar surface area (TPSA) is 55.8 Å². The fraction of sp³-hybridized carbons (Fsp3) is 0.571. The smallest absolute Gasteiger partial charge is 0.335 e. The lowest BCUT2D eigenvalue weighted by atomic mass is 10.0. The van der Waals surface area contributed by atoms with Gasteiger partial charge in [-0.15, -0.1) is 0 Å². The van der Waals surface area contributed by atoms with Crippen LogP contribution in [0.15, 0.2) is 49.1 Å². The van der Waals surface area contributed by atoms with Crippen molar-refractivity contribution >= 4 is 5.97 Å². The zero-order valence-corrected chi connectivity index (χ0v) is 24.6. The summed E-state index contributed by atoms with van der Waals surface area (Å²) in [4.78, 5) is 11.9. The summed E-state index contributed by atoms with van der Waals surface area (Å²) in [6, 6.07) is 11.8. The fourth-order valence-electron chi connectivity index (χ4n) is 4.90. The predicted molar refractivity (Wildman–Crippen MR) is 162 cm³/mol. The minimum absolute atomic E-state index is 0.254. The summed E-state index contributed by atoms with van der Waals surface area (Å²) in [7, 11) is 0. The Morgan fingerprint density at radius 3 is 1.77 bits per heavy atom. The maximum absolute atomic E-state index is 11.9. The summed E-state index contributed by atoms with van der Waals surface area (Å²) in [5, 5.41) is 10.4. The van der Waals surface area contributed by atoms with Crippen molar-refractivity contribution in [3.63, 3.8) is 0 Å². The minimum atomic E-state index is -0.480. The van der Waals surface area contributed by atoms with E-state index in [-0.39, 0.29) is 5.75 Å². The Morgan fingerprint density at radius 2 is 1.21 bits per heavy atom. The summed E-state index contributed by atoms with van der Waals surface area (Å²) in [5.41, 5.74) is 4.08. The molecule has 0 aliphatic carbocycles. The van der Waals surface area contributed by atoms with E-state index in [1.54, 1.807) is 6.07 Å². The van der Waals surface area contributed by atoms with E-state index in [0.29, 0.717) is 19.0 Å². The van der Waals surface area contributed by atoms with Crippen LogP contribution >= 0.6 is 0 Å². The number of benzene rings is 2. The number of phenolic OH excluding ortho intramolecular Hbond substituents is 1. The van der Waals surface area contributed by atoms with Crippen molar-refractivity contribution in [3.05, 3.63) is 71.3 Å². The third-order valence-corrected chi connectivity index (χ3v) is 7.30. The molecule has 0 aromatic heterocycles. The van der Waals surface area contributed by atoms with E-state index in [2.05, 4.69) is 32.6 Å². The van der Waals surface area contributed by atoms with Crippen LogP contribution in [0, 0.1) is 0 Å². The van der Waals surface area contributed by atoms with Crippen molar-refractivity contribution in [3.8, 4) is 11.5 Å². The van der Waals surface area contributed by atoms with Crippen molar-refractivity contribution in [2.45, 2.75) is 130 Å². The second-order valence-corrected chi connectivity index (χ2v) is 10.8. The van der Waals surface area contributed by atoms with E-state index in [9.17, 15) is 9.90 Å². The van der Waals surface area contributed by atoms with Gasteiger partial charge in [0.25, 0.3) is 0 Å². The monoisotopic (exact) mass is 536 g/mol. The SMILES string of the molecule is C=CC(=O)Oc1ccc(CCCCCCCCC)cc1COCc1cc(CCCCCCCCC)ccc1O. The molecule has 1 N–H and O–H groups in total. The number of carbonyl (C=O) groups excluding carboxylic acids is 1. The number of ether oxygens (including phenoxy) is 2. The largest absolute Gasteiger partial charge is 0.508 e. The van der Waals surface area contributed by atoms with Gasteiger partial charge in [0.15, 0.2) is 0 Å². The Bertz CT molecular complexity index is 965. The van der Waals surface area contributed by atoms with Crippen molar-refractivity contribution < 1.29 is 19.4 Å². The Morgan fingerprint density at radius 1 is 0.718 bits per heavy atom. The van der Waals surface area contributed by atoms with Gasteiger partial charge in [0, 0.05) is 17.2 Å². The van der Waals surface area contributed by atoms with Crippen LogP contribution in [0.5, 0.6) is 11.5 Å². The van der Waals surface area contributed by atoms with Crippen molar-refractivity contribution in [1.29, 1.82) is 0 Å². The van der Waals surface area contributed by atoms with Crippen LogP contribution in [0.3, 0.4) is 0 Å². The molecule has 0 saturated carbocycles. The molecular formula is C35H52O4. The Kier molecular flexibility index (Phi) is 17.0. The standard InChI is InChI=1S/C35H52O4/c1-4-7-9-11-13-15-17-19-29-21-23-33(36)31(25-29)27-38-28-32-26-30(20-18-16-14-12-10-8-5-2)22-24-34(32)39-35(37)6-3/h6,21-26,36H,3-5,7-20,27-28H2,1-2H3. The van der Waals surface area contributed by atoms with Crippen molar-refractivity contribution in [2.24, 2.45) is 0 Å². The molecule has 0 aliphatic rings. The number of rotatable bonds is 22. The predicted octanol–water partition coefficient (Wildman–Crippen LogP) is 9.79. The summed E-state index contributed by atoms with van der Waals surface area (Å²) >= 11 is 0. The van der Waals surface area contributed by atoms with Crippen LogP contribution in [-0.2, 0) is 35.6 Å². The zero-order chi connectivity index (χ0) is 28.1. The third kappa shape index (κ3) is 13.9. The van der Waals surface area contributed by atoms with Gasteiger partial charge in [-0.2, -0.15) is 0 Å². The van der Waals surface area contributed by atoms with Crippen LogP contribution in [-0.4, -0.2) is 11.1 Å². The maximum Gasteiger partial charge on any atom is 0.335 e. The molecule has 0 fully saturated rings. The summed E-state index contributed by atoms with van der Waals surface area (Å²) in [5.74, 6) is 0.274. The number of aromatic hydroxyl groups is 1. The lowest BCUT2D eigenvalue weighted by Gasteiger charge is -2.13. The quantitative estimate of drug-likeness (QED) is 0.0704. The molecular weight excluding hydrogens is 484 g/mol. The highest BCUT2D eigenvalue weighted by Gasteiger charge is 2.11. The van der Waals surface area contributed by atoms with Gasteiger partial charge in [-0.1, -0.05) is 110 Å². The van der Waals surface area contributed by atoms with E-state index in [4.69, 9.17) is 9.47 Å². The number of unbranched alkanes of at least 4 members (excludes halogenated alkanes) is 12. The first-order valence-corrected chi connectivity index (χ1v) is 15.4. The molecule has 0 radical (unpaired) electrons. The molecule has 4 nitrogen and oxygen atoms in total. The number of phenols is 1. The van der Waals surface area contributed by atoms with Crippen LogP contribution in [0.25, 0.3) is 0 Å². The van der Waals surface area contributed by atoms with Gasteiger partial charge in [-0.05, 0) is 61.1 Å². The highest BCUT2D eigenvalue weighted by atomic mass is 16.5. The molecule has 4 heteroatoms. The molecule has 2 aromatic rings. The number of carbonyl (C=O) groups is 1. The van der Waals surface area contributed by atoms with Gasteiger partial charge in [0.1, 0.15) is 11.5 Å². The second kappa shape index (κ2) is 20.3. The van der Waals surface area contributed by atoms with Gasteiger partial charge >= 0.3 is 5.97 Å². The molecule has 39 heavy (non-hydrogen) atoms. The average Bonchev–Trinajstić information content (AvgIpc) is 2.94. The zero-order valence-electron chi connectivity index (χ0n) is 24.6. The Labute approximate surface area is 237 Å². The first-order valence-electron chi connectivity index (χ1n) is 15.4. The number of aryl methyl sites for hydroxylation is 2. The third-order valence-electron chi connectivity index (χ3n) is 7.30. The van der Waals surface area contributed by atoms with Crippen LogP contribution in [0.4, 0.5) is 0 Å². The molecule has 0 aliphatic heterocycles. The first kappa shape index (κ1) is 32.6. The molecule has 0 amide bonds. The van der Waals surface area contributed by atoms with E-state index in [0.717, 1.165) is 30.4 Å². The molecule has 0 unspecified atom stereocenters. The number of hydrogen-bond donors (Lipinski definition) is 1. The first-order chi connectivity index (χ1) is 19.1. The second-order valence-electron chi connectivity index (χ2n) is 10.8. The summed E-state index contributed by atoms with van der Waals surface area (Å²) in [6.45, 7) is 8.60. The molecule has 0 saturated heterocycles. The van der Waals surface area contributed by atoms with E-state index in [1.807, 2.05) is 18.2 Å². The fourth-order valence-corrected chi connectivity index (χ4v) is 4.90. The normalized spacial score (nSPS) is 11.0. The molecule has 0 bridgehead atoms. The molecule has 0 spiro atoms. The van der Waals surface area contributed by atoms with Crippen LogP contribution in [0.1, 0.15) is 126 Å². The minimum Gasteiger partial charge on any atom is -0.508 e. The van der Waals surface area contributed by atoms with Gasteiger partial charge in [0.05, 0.1) is 13.2 Å². The van der Waals surface area contributed by atoms with Crippen LogP contribution < -0.4 is 4.74 Å². The van der Waals surface area contributed by atoms with Gasteiger partial charge < -0.3 is 14.6 Å². The van der Waals surface area contributed by atoms with E-state index >= 15 is 0 Å². The number of hydrogen-bond acceptors (Lipinski definition) is 4. The molecule has 0 atom stereocenters. The maximum atomic E-state index is 11.9. The molecule has 216 valence electrons. The molecule has 2 aromatic carbocycles. The Balaban J connectivity index is 1.90. The molecule has 2 rings (SSSR count). The summed E-state index contributed by atoms with van der Waals surface area (Å²) < 4.78 is 11.5. The van der Waals surface area contributed by atoms with Crippen LogP contribution in [0.2, 0.25) is 0 Å². The van der Waals surface area contributed by atoms with E-state index in [1.165, 1.54) is 101 Å². The highest BCUT2D eigenvalue weighted by molar-refractivity contribution is 5.83. The highest BCUT2D eigenvalue weighted by Crippen LogP contribution is 2.25. The van der Waals surface area contributed by atoms with Crippen molar-refractivity contribution in [1.82, 2.24) is 0 Å². The summed E-state index contributed by atoms with van der Waals surface area (Å²) in [6.07, 6.45) is 21.1. The molecule has 0 heterocycles. The lowest BCUT2D eigenvalue weighted by molar-refractivity contribution is -0.129. The van der Waals surface area contributed by atoms with Crippen molar-refractivity contribution in [2.75, 3.05) is 0 Å². The van der Waals surface area contributed by atoms with Gasteiger partial charge in [-0.25, -0.2) is 4.79 Å².